The van der Waals surface area contributed by atoms with Gasteiger partial charge in [-0.3, -0.25) is 44.4 Å². The molecule has 4 aliphatic rings. The van der Waals surface area contributed by atoms with Crippen molar-refractivity contribution in [3.05, 3.63) is 68.8 Å². The number of amidine groups is 1. The van der Waals surface area contributed by atoms with Crippen LogP contribution in [0.3, 0.4) is 0 Å². The number of rotatable bonds is 19. The fraction of sp³-hybridized carbons (Fsp3) is 0.571. The van der Waals surface area contributed by atoms with Crippen LogP contribution in [-0.2, 0) is 32.6 Å². The Kier molecular flexibility index (Phi) is 16.3. The van der Waals surface area contributed by atoms with Gasteiger partial charge in [0.15, 0.2) is 0 Å². The number of unbranched alkanes of at least 4 members (excludes halogenated alkanes) is 5. The first-order valence-electron chi connectivity index (χ1n) is 24.1. The molecule has 7 rings (SSSR count). The number of amides is 4. The molecule has 18 heteroatoms. The molecule has 16 nitrogen and oxygen atoms in total. The molecule has 1 aromatic heterocycles. The first-order chi connectivity index (χ1) is 32.3. The lowest BCUT2D eigenvalue weighted by Crippen LogP contribution is -2.48. The smallest absolute Gasteiger partial charge is 0.329 e. The van der Waals surface area contributed by atoms with Crippen LogP contribution in [0.25, 0.3) is 11.0 Å². The molecule has 0 bridgehead atoms. The molecule has 0 radical (unpaired) electrons. The second-order valence-electron chi connectivity index (χ2n) is 18.5. The zero-order valence-electron chi connectivity index (χ0n) is 39.2. The maximum atomic E-state index is 14.6. The predicted molar refractivity (Wildman–Crippen MR) is 255 cm³/mol. The molecule has 2 fully saturated rings. The summed E-state index contributed by atoms with van der Waals surface area (Å²) in [4.78, 5) is 68.6. The van der Waals surface area contributed by atoms with Crippen molar-refractivity contribution in [3.8, 4) is 0 Å². The number of nitrogens with two attached hydrogens (primary N) is 1. The van der Waals surface area contributed by atoms with E-state index in [1.807, 2.05) is 34.1 Å². The molecule has 0 spiro atoms. The van der Waals surface area contributed by atoms with Crippen molar-refractivity contribution in [3.63, 3.8) is 0 Å². The minimum Gasteiger partial charge on any atom is -0.385 e. The maximum absolute atomic E-state index is 14.6. The van der Waals surface area contributed by atoms with E-state index in [1.165, 1.54) is 28.3 Å². The van der Waals surface area contributed by atoms with E-state index in [0.29, 0.717) is 80.7 Å². The number of anilines is 2. The molecule has 2 atom stereocenters. The summed E-state index contributed by atoms with van der Waals surface area (Å²) in [5.74, 6) is -0.836. The van der Waals surface area contributed by atoms with E-state index in [9.17, 15) is 38.2 Å². The van der Waals surface area contributed by atoms with Crippen molar-refractivity contribution in [2.24, 2.45) is 7.05 Å². The monoisotopic (exact) mass is 929 g/mol. The number of aromatic nitrogens is 2. The quantitative estimate of drug-likeness (QED) is 0.0444. The van der Waals surface area contributed by atoms with Gasteiger partial charge >= 0.3 is 5.69 Å². The van der Waals surface area contributed by atoms with Gasteiger partial charge in [-0.2, -0.15) is 0 Å². The number of nitrogens with zero attached hydrogens (tertiary/aromatic N) is 5. The van der Waals surface area contributed by atoms with Gasteiger partial charge in [0.2, 0.25) is 23.6 Å². The Morgan fingerprint density at radius 3 is 2.36 bits per heavy atom. The number of nitrogens with one attached hydrogen (secondary N) is 5. The Bertz CT molecular complexity index is 2440. The van der Waals surface area contributed by atoms with Gasteiger partial charge in [-0.25, -0.2) is 13.6 Å². The van der Waals surface area contributed by atoms with Crippen LogP contribution in [0, 0.1) is 5.41 Å². The van der Waals surface area contributed by atoms with Crippen LogP contribution >= 0.6 is 0 Å². The van der Waals surface area contributed by atoms with Crippen LogP contribution in [0.5, 0.6) is 0 Å². The summed E-state index contributed by atoms with van der Waals surface area (Å²) in [6.45, 7) is 5.31. The number of imidazole rings is 1. The van der Waals surface area contributed by atoms with Crippen LogP contribution in [0.4, 0.5) is 20.2 Å². The van der Waals surface area contributed by atoms with Crippen LogP contribution in [0.1, 0.15) is 125 Å². The predicted octanol–water partition coefficient (Wildman–Crippen LogP) is 4.05. The number of likely N-dealkylation sites (N-methyl/N-ethyl adjacent to an activating group) is 1. The number of carbonyl (C=O) groups is 4. The zero-order chi connectivity index (χ0) is 47.8. The Labute approximate surface area is 390 Å². The number of aryl methyl sites for hydroxylation is 2. The highest BCUT2D eigenvalue weighted by molar-refractivity contribution is 6.09. The summed E-state index contributed by atoms with van der Waals surface area (Å²) in [6, 6.07) is 8.43. The standard InChI is InChI=1S/C49H67F2N11O5/c1-31(63)60-24-19-39(38(30-60)47(53)61-21-10-11-32-25-36(33(28-52)29-54-2)37(46(50)51)27-42(32)61)56-34-17-22-59(23-18-34)45(65)12-8-6-4-5-7-9-20-55-35-13-14-40-43(26-35)58(3)49(67)62(40)41-15-16-44(64)57-48(41)66/h13-14,25-28,33-34,41,46,52-56H,4-12,15-24,29-30H2,1-3H3,(H,57,64,66)/p+1. The first-order valence-corrected chi connectivity index (χ1v) is 24.1. The van der Waals surface area contributed by atoms with E-state index >= 15 is 0 Å². The Hall–Kier alpha value is -5.91. The van der Waals surface area contributed by atoms with E-state index in [-0.39, 0.29) is 59.7 Å². The van der Waals surface area contributed by atoms with Crippen molar-refractivity contribution in [2.45, 2.75) is 121 Å². The number of hydrogen-bond donors (Lipinski definition) is 6. The Morgan fingerprint density at radius 1 is 0.910 bits per heavy atom. The van der Waals surface area contributed by atoms with Crippen molar-refractivity contribution in [1.82, 2.24) is 34.9 Å². The lowest BCUT2D eigenvalue weighted by atomic mass is 9.88. The number of halogens is 2. The van der Waals surface area contributed by atoms with Crippen LogP contribution in [0.2, 0.25) is 0 Å². The summed E-state index contributed by atoms with van der Waals surface area (Å²) in [5.41, 5.74) is 5.50. The van der Waals surface area contributed by atoms with Crippen molar-refractivity contribution >= 4 is 58.1 Å². The molecule has 7 N–H and O–H groups in total. The number of alkyl halides is 2. The van der Waals surface area contributed by atoms with Crippen LogP contribution < -0.4 is 37.3 Å². The first kappa shape index (κ1) is 49.0. The maximum Gasteiger partial charge on any atom is 0.329 e. The Balaban J connectivity index is 0.849. The van der Waals surface area contributed by atoms with E-state index in [1.54, 1.807) is 19.0 Å². The number of imide groups is 1. The summed E-state index contributed by atoms with van der Waals surface area (Å²) >= 11 is 0. The molecule has 0 aliphatic carbocycles. The minimum absolute atomic E-state index is 0.0771. The third-order valence-corrected chi connectivity index (χ3v) is 14.0. The number of benzene rings is 2. The van der Waals surface area contributed by atoms with Crippen molar-refractivity contribution in [1.29, 1.82) is 5.41 Å². The highest BCUT2D eigenvalue weighted by Gasteiger charge is 2.34. The Morgan fingerprint density at radius 2 is 1.66 bits per heavy atom. The van der Waals surface area contributed by atoms with Gasteiger partial charge in [0.05, 0.1) is 23.5 Å². The van der Waals surface area contributed by atoms with Gasteiger partial charge in [-0.05, 0) is 87.4 Å². The topological polar surface area (TPSA) is 202 Å². The zero-order valence-corrected chi connectivity index (χ0v) is 39.2. The van der Waals surface area contributed by atoms with Gasteiger partial charge in [0, 0.05) is 107 Å². The molecule has 0 saturated carbocycles. The second-order valence-corrected chi connectivity index (χ2v) is 18.5. The van der Waals surface area contributed by atoms with E-state index in [4.69, 9.17) is 5.41 Å². The fourth-order valence-corrected chi connectivity index (χ4v) is 10.2. The molecule has 4 amide bonds. The summed E-state index contributed by atoms with van der Waals surface area (Å²) < 4.78 is 32.2. The molecular weight excluding hydrogens is 861 g/mol. The average molecular weight is 929 g/mol. The largest absolute Gasteiger partial charge is 0.385 e. The van der Waals surface area contributed by atoms with Crippen molar-refractivity contribution < 1.29 is 33.4 Å². The molecule has 2 saturated heterocycles. The number of fused-ring (bicyclic) bond motifs is 2. The summed E-state index contributed by atoms with van der Waals surface area (Å²) in [5, 5.41) is 28.0. The lowest BCUT2D eigenvalue weighted by molar-refractivity contribution is -0.136. The number of piperidine rings is 2. The third kappa shape index (κ3) is 11.3. The minimum atomic E-state index is -2.71. The van der Waals surface area contributed by atoms with E-state index < -0.39 is 18.4 Å². The second kappa shape index (κ2) is 22.3. The van der Waals surface area contributed by atoms with Gasteiger partial charge in [0.25, 0.3) is 6.43 Å². The summed E-state index contributed by atoms with van der Waals surface area (Å²) in [6.07, 6.45) is 9.28. The van der Waals surface area contributed by atoms with Gasteiger partial charge < -0.3 is 30.7 Å². The van der Waals surface area contributed by atoms with Gasteiger partial charge in [0.1, 0.15) is 18.1 Å². The molecule has 5 heterocycles. The number of carbonyl (C=O) groups excluding carboxylic acids is 4. The molecule has 3 aromatic rings. The van der Waals surface area contributed by atoms with Gasteiger partial charge in [-0.15, -0.1) is 0 Å². The number of likely N-dealkylation sites (tertiary alicyclic amines) is 1. The summed E-state index contributed by atoms with van der Waals surface area (Å²) in [7, 11) is 3.45. The van der Waals surface area contributed by atoms with E-state index in [0.717, 1.165) is 86.8 Å². The molecule has 362 valence electrons. The van der Waals surface area contributed by atoms with Crippen LogP contribution in [-0.4, -0.2) is 114 Å². The molecule has 2 unspecified atom stereocenters. The lowest BCUT2D eigenvalue weighted by Gasteiger charge is -2.39. The normalized spacial score (nSPS) is 18.6. The fourth-order valence-electron chi connectivity index (χ4n) is 10.2. The SMILES string of the molecule is CNCC(C=[NH2+])c1cc2c(cc1C(F)F)N(C(=N)C1=C(NC3CCN(C(=O)CCCCCCCCNc4ccc5c(c4)n(C)c(=O)n5C4CCC(=O)NC4=O)CC3)CCN(C(C)=O)C1)CCC2. The third-order valence-electron chi connectivity index (χ3n) is 14.0. The molecular formula is C49H68F2N11O5+. The average Bonchev–Trinajstić information content (AvgIpc) is 3.56. The van der Waals surface area contributed by atoms with Gasteiger partial charge in [-0.1, -0.05) is 31.7 Å². The van der Waals surface area contributed by atoms with E-state index in [2.05, 4.69) is 21.3 Å². The van der Waals surface area contributed by atoms with Crippen molar-refractivity contribution in [2.75, 3.05) is 63.1 Å². The number of hydrogen-bond acceptors (Lipinski definition) is 9. The molecule has 67 heavy (non-hydrogen) atoms. The molecule has 2 aromatic carbocycles. The molecule has 4 aliphatic heterocycles. The highest BCUT2D eigenvalue weighted by Crippen LogP contribution is 2.38. The highest BCUT2D eigenvalue weighted by atomic mass is 19.3. The van der Waals surface area contributed by atoms with Crippen LogP contribution in [0.15, 0.2) is 46.4 Å².